The normalized spacial score (nSPS) is 15.9. The molecule has 0 N–H and O–H groups in total. The van der Waals surface area contributed by atoms with E-state index in [2.05, 4.69) is 0 Å². The zero-order valence-electron chi connectivity index (χ0n) is 9.91. The van der Waals surface area contributed by atoms with Gasteiger partial charge in [-0.25, -0.2) is 0 Å². The van der Waals surface area contributed by atoms with Crippen LogP contribution in [0.2, 0.25) is 0 Å². The molecule has 0 aliphatic heterocycles. The molecule has 1 aromatic rings. The van der Waals surface area contributed by atoms with Gasteiger partial charge in [-0.05, 0) is 19.1 Å². The van der Waals surface area contributed by atoms with Gasteiger partial charge >= 0.3 is 0 Å². The summed E-state index contributed by atoms with van der Waals surface area (Å²) in [6.07, 6.45) is 0. The molecule has 0 saturated carbocycles. The van der Waals surface area contributed by atoms with Crippen LogP contribution < -0.4 is 4.90 Å². The Bertz CT molecular complexity index is 275. The second kappa shape index (κ2) is 2.74. The third-order valence-corrected chi connectivity index (χ3v) is 1.33. The molecule has 1 heteroatoms. The first-order valence-electron chi connectivity index (χ1n) is 5.37. The van der Waals surface area contributed by atoms with E-state index in [0.29, 0.717) is 5.69 Å². The lowest BCUT2D eigenvalue weighted by molar-refractivity contribution is 1.13. The van der Waals surface area contributed by atoms with Crippen molar-refractivity contribution in [2.24, 2.45) is 0 Å². The summed E-state index contributed by atoms with van der Waals surface area (Å²) in [5.74, 6) is 0. The Hall–Kier alpha value is -0.980. The molecule has 0 atom stereocenters. The highest BCUT2D eigenvalue weighted by molar-refractivity contribution is 5.45. The fourth-order valence-corrected chi connectivity index (χ4v) is 0.717. The van der Waals surface area contributed by atoms with Crippen molar-refractivity contribution in [3.63, 3.8) is 0 Å². The minimum Gasteiger partial charge on any atom is -0.378 e. The van der Waals surface area contributed by atoms with Crippen molar-refractivity contribution < 1.29 is 5.48 Å². The molecule has 0 aliphatic rings. The van der Waals surface area contributed by atoms with E-state index in [9.17, 15) is 0 Å². The van der Waals surface area contributed by atoms with E-state index in [-0.39, 0.29) is 0 Å². The van der Waals surface area contributed by atoms with E-state index in [1.165, 1.54) is 0 Å². The Labute approximate surface area is 67.9 Å². The first-order chi connectivity index (χ1) is 6.52. The highest BCUT2D eigenvalue weighted by Gasteiger charge is 1.90. The summed E-state index contributed by atoms with van der Waals surface area (Å²) in [6.45, 7) is -0.707. The summed E-state index contributed by atoms with van der Waals surface area (Å²) < 4.78 is 28.8. The first-order valence-corrected chi connectivity index (χ1v) is 3.06. The summed E-state index contributed by atoms with van der Waals surface area (Å²) in [5.41, 5.74) is 1.65. The van der Waals surface area contributed by atoms with Gasteiger partial charge in [-0.2, -0.15) is 0 Å². The Morgan fingerprint density at radius 3 is 2.30 bits per heavy atom. The molecule has 0 spiro atoms. The molecule has 1 aromatic carbocycles. The van der Waals surface area contributed by atoms with Crippen LogP contribution in [0.1, 0.15) is 11.0 Å². The third kappa shape index (κ3) is 1.50. The minimum absolute atomic E-state index is 0.570. The predicted octanol–water partition coefficient (Wildman–Crippen LogP) is 2.06. The van der Waals surface area contributed by atoms with Crippen molar-refractivity contribution in [3.8, 4) is 0 Å². The molecule has 0 radical (unpaired) electrons. The SMILES string of the molecule is [2H]C([2H])N(c1ccc(C)cc1)C([2H])[2H]. The second-order valence-electron chi connectivity index (χ2n) is 2.24. The van der Waals surface area contributed by atoms with E-state index < -0.39 is 14.0 Å². The number of anilines is 1. The summed E-state index contributed by atoms with van der Waals surface area (Å²) in [7, 11) is 0. The Morgan fingerprint density at radius 1 is 1.20 bits per heavy atom. The maximum Gasteiger partial charge on any atom is 0.0456 e. The molecule has 54 valence electrons. The van der Waals surface area contributed by atoms with Crippen LogP contribution in [0.5, 0.6) is 0 Å². The molecule has 0 saturated heterocycles. The molecule has 0 fully saturated rings. The van der Waals surface area contributed by atoms with Gasteiger partial charge in [0, 0.05) is 25.2 Å². The summed E-state index contributed by atoms with van der Waals surface area (Å²) in [4.78, 5) is 1.10. The predicted molar refractivity (Wildman–Crippen MR) is 45.5 cm³/mol. The van der Waals surface area contributed by atoms with Crippen LogP contribution in [0.3, 0.4) is 0 Å². The summed E-state index contributed by atoms with van der Waals surface area (Å²) in [5, 5.41) is 0. The van der Waals surface area contributed by atoms with Crippen LogP contribution in [0, 0.1) is 6.92 Å². The molecule has 0 heterocycles. The standard InChI is InChI=1S/C9H13N/c1-8-4-6-9(7-5-8)10(2)3/h4-7H,1-3H3/i2D2,3D2. The minimum atomic E-state index is -1.32. The van der Waals surface area contributed by atoms with Crippen LogP contribution >= 0.6 is 0 Å². The summed E-state index contributed by atoms with van der Waals surface area (Å²) in [6, 6.07) is 7.13. The molecular formula is C9H13N. The lowest BCUT2D eigenvalue weighted by atomic mass is 10.2. The maximum absolute atomic E-state index is 7.21. The van der Waals surface area contributed by atoms with E-state index in [1.54, 1.807) is 12.1 Å². The number of benzene rings is 1. The van der Waals surface area contributed by atoms with Gasteiger partial charge in [-0.15, -0.1) is 0 Å². The first kappa shape index (κ1) is 3.42. The van der Waals surface area contributed by atoms with Crippen molar-refractivity contribution in [2.75, 3.05) is 18.9 Å². The van der Waals surface area contributed by atoms with Crippen molar-refractivity contribution in [1.82, 2.24) is 0 Å². The monoisotopic (exact) mass is 139 g/mol. The molecule has 1 rings (SSSR count). The third-order valence-electron chi connectivity index (χ3n) is 1.33. The lowest BCUT2D eigenvalue weighted by Crippen LogP contribution is -2.07. The van der Waals surface area contributed by atoms with Gasteiger partial charge in [0.15, 0.2) is 0 Å². The van der Waals surface area contributed by atoms with Gasteiger partial charge in [-0.3, -0.25) is 0 Å². The van der Waals surface area contributed by atoms with Crippen molar-refractivity contribution in [3.05, 3.63) is 29.8 Å². The van der Waals surface area contributed by atoms with Gasteiger partial charge in [0.05, 0.1) is 0 Å². The van der Waals surface area contributed by atoms with Crippen molar-refractivity contribution in [1.29, 1.82) is 0 Å². The van der Waals surface area contributed by atoms with Crippen molar-refractivity contribution >= 4 is 5.69 Å². The van der Waals surface area contributed by atoms with E-state index >= 15 is 0 Å². The van der Waals surface area contributed by atoms with Crippen molar-refractivity contribution in [2.45, 2.75) is 6.92 Å². The van der Waals surface area contributed by atoms with Crippen LogP contribution in [0.4, 0.5) is 5.69 Å². The molecule has 0 bridgehead atoms. The van der Waals surface area contributed by atoms with E-state index in [4.69, 9.17) is 5.48 Å². The molecule has 0 aromatic heterocycles. The van der Waals surface area contributed by atoms with Crippen LogP contribution in [-0.2, 0) is 0 Å². The highest BCUT2D eigenvalue weighted by atomic mass is 15.1. The quantitative estimate of drug-likeness (QED) is 0.575. The van der Waals surface area contributed by atoms with Gasteiger partial charge < -0.3 is 4.90 Å². The van der Waals surface area contributed by atoms with E-state index in [1.807, 2.05) is 19.1 Å². The van der Waals surface area contributed by atoms with Crippen LogP contribution in [0.15, 0.2) is 24.3 Å². The molecule has 1 nitrogen and oxygen atoms in total. The van der Waals surface area contributed by atoms with E-state index in [0.717, 1.165) is 10.5 Å². The average Bonchev–Trinajstić information content (AvgIpc) is 2.07. The largest absolute Gasteiger partial charge is 0.378 e. The number of rotatable bonds is 1. The molecule has 0 aliphatic carbocycles. The van der Waals surface area contributed by atoms with Gasteiger partial charge in [0.1, 0.15) is 0 Å². The number of aryl methyl sites for hydroxylation is 1. The zero-order valence-corrected chi connectivity index (χ0v) is 5.91. The average molecular weight is 139 g/mol. The molecule has 10 heavy (non-hydrogen) atoms. The smallest absolute Gasteiger partial charge is 0.0456 e. The number of nitrogens with zero attached hydrogens (tertiary/aromatic N) is 1. The Morgan fingerprint density at radius 2 is 1.80 bits per heavy atom. The molecule has 0 amide bonds. The fourth-order valence-electron chi connectivity index (χ4n) is 0.717. The number of hydrogen-bond donors (Lipinski definition) is 0. The summed E-state index contributed by atoms with van der Waals surface area (Å²) >= 11 is 0. The fraction of sp³-hybridized carbons (Fsp3) is 0.333. The molecular weight excluding hydrogens is 122 g/mol. The Balaban J connectivity index is 2.94. The number of hydrogen-bond acceptors (Lipinski definition) is 1. The van der Waals surface area contributed by atoms with Gasteiger partial charge in [0.25, 0.3) is 0 Å². The topological polar surface area (TPSA) is 3.24 Å². The van der Waals surface area contributed by atoms with Gasteiger partial charge in [0.2, 0.25) is 0 Å². The lowest BCUT2D eigenvalue weighted by Gasteiger charge is -2.11. The second-order valence-corrected chi connectivity index (χ2v) is 2.24. The maximum atomic E-state index is 7.21. The highest BCUT2D eigenvalue weighted by Crippen LogP contribution is 2.10. The van der Waals surface area contributed by atoms with Gasteiger partial charge in [-0.1, -0.05) is 17.7 Å². The Kier molecular flexibility index (Phi) is 0.936. The molecule has 0 unspecified atom stereocenters. The van der Waals surface area contributed by atoms with Crippen LogP contribution in [0.25, 0.3) is 0 Å². The van der Waals surface area contributed by atoms with Crippen LogP contribution in [-0.4, -0.2) is 14.0 Å². The zero-order chi connectivity index (χ0) is 10.7.